The average molecular weight is 442 g/mol. The maximum absolute atomic E-state index is 12.2. The molecular formula is C26H20ClN3O2. The number of nitrogens with zero attached hydrogens (tertiary/aromatic N) is 3. The van der Waals surface area contributed by atoms with Gasteiger partial charge in [-0.2, -0.15) is 5.10 Å². The third-order valence-electron chi connectivity index (χ3n) is 5.60. The van der Waals surface area contributed by atoms with Gasteiger partial charge in [0.15, 0.2) is 0 Å². The topological polar surface area (TPSA) is 47.4 Å². The molecule has 1 aliphatic rings. The molecule has 0 saturated carbocycles. The summed E-state index contributed by atoms with van der Waals surface area (Å²) >= 11 is 6.65. The highest BCUT2D eigenvalue weighted by atomic mass is 35.5. The maximum atomic E-state index is 12.2. The summed E-state index contributed by atoms with van der Waals surface area (Å²) in [6.45, 7) is 0. The van der Waals surface area contributed by atoms with E-state index in [1.807, 2.05) is 95.8 Å². The summed E-state index contributed by atoms with van der Waals surface area (Å²) in [7, 11) is 1.64. The van der Waals surface area contributed by atoms with Crippen molar-refractivity contribution in [3.63, 3.8) is 0 Å². The van der Waals surface area contributed by atoms with Crippen molar-refractivity contribution in [2.75, 3.05) is 12.0 Å². The minimum absolute atomic E-state index is 0.399. The van der Waals surface area contributed by atoms with E-state index in [9.17, 15) is 4.79 Å². The molecule has 0 N–H and O–H groups in total. The minimum Gasteiger partial charge on any atom is -0.497 e. The van der Waals surface area contributed by atoms with E-state index < -0.39 is 6.04 Å². The lowest BCUT2D eigenvalue weighted by Crippen LogP contribution is -2.29. The van der Waals surface area contributed by atoms with Gasteiger partial charge in [-0.25, -0.2) is 4.68 Å². The van der Waals surface area contributed by atoms with Crippen LogP contribution in [0, 0.1) is 0 Å². The van der Waals surface area contributed by atoms with Crippen LogP contribution < -0.4 is 9.64 Å². The summed E-state index contributed by atoms with van der Waals surface area (Å²) < 4.78 is 7.14. The smallest absolute Gasteiger partial charge is 0.214 e. The van der Waals surface area contributed by atoms with E-state index in [1.54, 1.807) is 12.0 Å². The van der Waals surface area contributed by atoms with Crippen LogP contribution in [0.3, 0.4) is 0 Å². The third-order valence-corrected chi connectivity index (χ3v) is 5.93. The number of para-hydroxylation sites is 2. The maximum Gasteiger partial charge on any atom is 0.214 e. The number of anilines is 1. The van der Waals surface area contributed by atoms with Crippen molar-refractivity contribution in [3.05, 3.63) is 102 Å². The molecule has 0 spiro atoms. The molecule has 4 aromatic rings. The van der Waals surface area contributed by atoms with E-state index in [0.29, 0.717) is 5.03 Å². The van der Waals surface area contributed by atoms with Crippen LogP contribution in [-0.4, -0.2) is 23.3 Å². The molecule has 1 unspecified atom stereocenters. The summed E-state index contributed by atoms with van der Waals surface area (Å²) in [5.41, 5.74) is 5.10. The van der Waals surface area contributed by atoms with E-state index in [4.69, 9.17) is 21.4 Å². The number of hydrogen-bond donors (Lipinski definition) is 0. The molecule has 0 saturated heterocycles. The summed E-state index contributed by atoms with van der Waals surface area (Å²) in [6, 6.07) is 24.8. The zero-order valence-electron chi connectivity index (χ0n) is 17.4. The van der Waals surface area contributed by atoms with Crippen LogP contribution in [0.25, 0.3) is 22.0 Å². The standard InChI is InChI=1S/C26H20ClN3O2/c1-32-20-13-11-18(12-14-20)26-22(16-30(28-26)19-7-3-2-4-8-19)25-15-23(27)21-9-5-6-10-24(21)29(25)17-31/h2-17,25H,1H3. The van der Waals surface area contributed by atoms with E-state index in [-0.39, 0.29) is 0 Å². The van der Waals surface area contributed by atoms with Crippen molar-refractivity contribution < 1.29 is 9.53 Å². The molecule has 0 bridgehead atoms. The van der Waals surface area contributed by atoms with Crippen LogP contribution >= 0.6 is 11.6 Å². The number of amides is 1. The van der Waals surface area contributed by atoms with Gasteiger partial charge < -0.3 is 9.64 Å². The Morgan fingerprint density at radius 3 is 2.41 bits per heavy atom. The molecule has 2 heterocycles. The highest BCUT2D eigenvalue weighted by Gasteiger charge is 2.30. The van der Waals surface area contributed by atoms with Crippen molar-refractivity contribution in [1.82, 2.24) is 9.78 Å². The summed E-state index contributed by atoms with van der Waals surface area (Å²) in [6.07, 6.45) is 4.71. The third kappa shape index (κ3) is 3.47. The van der Waals surface area contributed by atoms with Gasteiger partial charge >= 0.3 is 0 Å². The number of fused-ring (bicyclic) bond motifs is 1. The first kappa shape index (κ1) is 20.1. The van der Waals surface area contributed by atoms with E-state index >= 15 is 0 Å². The van der Waals surface area contributed by atoms with Gasteiger partial charge in [0.2, 0.25) is 6.41 Å². The number of carbonyl (C=O) groups excluding carboxylic acids is 1. The highest BCUT2D eigenvalue weighted by molar-refractivity contribution is 6.49. The molecule has 5 nitrogen and oxygen atoms in total. The average Bonchev–Trinajstić information content (AvgIpc) is 3.30. The first-order chi connectivity index (χ1) is 15.7. The number of carbonyl (C=O) groups is 1. The van der Waals surface area contributed by atoms with Crippen molar-refractivity contribution in [3.8, 4) is 22.7 Å². The number of rotatable bonds is 5. The molecular weight excluding hydrogens is 422 g/mol. The molecule has 0 radical (unpaired) electrons. The Labute approximate surface area is 191 Å². The Morgan fingerprint density at radius 2 is 1.69 bits per heavy atom. The van der Waals surface area contributed by atoms with Gasteiger partial charge in [0.05, 0.1) is 30.2 Å². The van der Waals surface area contributed by atoms with Crippen molar-refractivity contribution >= 4 is 28.7 Å². The second-order valence-electron chi connectivity index (χ2n) is 7.43. The van der Waals surface area contributed by atoms with Crippen LogP contribution in [0.4, 0.5) is 5.69 Å². The SMILES string of the molecule is COc1ccc(-c2nn(-c3ccccc3)cc2C2C=C(Cl)c3ccccc3N2C=O)cc1. The van der Waals surface area contributed by atoms with Gasteiger partial charge in [-0.1, -0.05) is 48.0 Å². The normalized spacial score (nSPS) is 15.1. The Morgan fingerprint density at radius 1 is 0.969 bits per heavy atom. The molecule has 0 fully saturated rings. The van der Waals surface area contributed by atoms with E-state index in [0.717, 1.165) is 45.9 Å². The molecule has 1 aliphatic heterocycles. The van der Waals surface area contributed by atoms with Gasteiger partial charge in [0, 0.05) is 27.9 Å². The highest BCUT2D eigenvalue weighted by Crippen LogP contribution is 2.43. The van der Waals surface area contributed by atoms with Gasteiger partial charge in [-0.05, 0) is 48.5 Å². The Bertz CT molecular complexity index is 1300. The van der Waals surface area contributed by atoms with Crippen molar-refractivity contribution in [1.29, 1.82) is 0 Å². The fourth-order valence-corrected chi connectivity index (χ4v) is 4.29. The van der Waals surface area contributed by atoms with Crippen LogP contribution in [-0.2, 0) is 4.79 Å². The number of methoxy groups -OCH3 is 1. The number of benzene rings is 3. The molecule has 5 rings (SSSR count). The molecule has 3 aromatic carbocycles. The van der Waals surface area contributed by atoms with Crippen molar-refractivity contribution in [2.45, 2.75) is 6.04 Å². The lowest BCUT2D eigenvalue weighted by atomic mass is 9.96. The fraction of sp³-hybridized carbons (Fsp3) is 0.0769. The molecule has 158 valence electrons. The second kappa shape index (κ2) is 8.36. The largest absolute Gasteiger partial charge is 0.497 e. The predicted octanol–water partition coefficient (Wildman–Crippen LogP) is 5.85. The Kier molecular flexibility index (Phi) is 5.25. The molecule has 6 heteroatoms. The van der Waals surface area contributed by atoms with Crippen LogP contribution in [0.5, 0.6) is 5.75 Å². The summed E-state index contributed by atoms with van der Waals surface area (Å²) in [4.78, 5) is 13.9. The van der Waals surface area contributed by atoms with Crippen molar-refractivity contribution in [2.24, 2.45) is 0 Å². The number of halogens is 1. The summed E-state index contributed by atoms with van der Waals surface area (Å²) in [5.74, 6) is 0.766. The van der Waals surface area contributed by atoms with Gasteiger partial charge in [0.1, 0.15) is 5.75 Å². The van der Waals surface area contributed by atoms with E-state index in [2.05, 4.69) is 0 Å². The van der Waals surface area contributed by atoms with Gasteiger partial charge in [-0.3, -0.25) is 4.79 Å². The second-order valence-corrected chi connectivity index (χ2v) is 7.84. The Hall–Kier alpha value is -3.83. The fourth-order valence-electron chi connectivity index (χ4n) is 4.01. The minimum atomic E-state index is -0.399. The molecule has 32 heavy (non-hydrogen) atoms. The molecule has 0 aliphatic carbocycles. The lowest BCUT2D eigenvalue weighted by molar-refractivity contribution is -0.107. The zero-order chi connectivity index (χ0) is 22.1. The van der Waals surface area contributed by atoms with Crippen LogP contribution in [0.1, 0.15) is 17.2 Å². The first-order valence-corrected chi connectivity index (χ1v) is 10.6. The monoisotopic (exact) mass is 441 g/mol. The lowest BCUT2D eigenvalue weighted by Gasteiger charge is -2.32. The first-order valence-electron chi connectivity index (χ1n) is 10.2. The van der Waals surface area contributed by atoms with E-state index in [1.165, 1.54) is 0 Å². The number of hydrogen-bond acceptors (Lipinski definition) is 3. The summed E-state index contributed by atoms with van der Waals surface area (Å²) in [5, 5.41) is 5.50. The van der Waals surface area contributed by atoms with Crippen LogP contribution in [0.15, 0.2) is 91.1 Å². The number of aromatic nitrogens is 2. The number of ether oxygens (including phenoxy) is 1. The Balaban J connectivity index is 1.69. The zero-order valence-corrected chi connectivity index (χ0v) is 18.1. The molecule has 1 atom stereocenters. The molecule has 1 amide bonds. The molecule has 1 aromatic heterocycles. The van der Waals surface area contributed by atoms with Gasteiger partial charge in [-0.15, -0.1) is 0 Å². The quantitative estimate of drug-likeness (QED) is 0.365. The van der Waals surface area contributed by atoms with Crippen LogP contribution in [0.2, 0.25) is 0 Å². The predicted molar refractivity (Wildman–Crippen MR) is 127 cm³/mol. The van der Waals surface area contributed by atoms with Gasteiger partial charge in [0.25, 0.3) is 0 Å².